The number of aliphatic hydroxyl groups is 1. The highest BCUT2D eigenvalue weighted by Gasteiger charge is 2.22. The van der Waals surface area contributed by atoms with E-state index in [1.54, 1.807) is 28.2 Å². The molecule has 0 amide bonds. The summed E-state index contributed by atoms with van der Waals surface area (Å²) in [5.74, 6) is 0.142. The molecular weight excluding hydrogens is 373 g/mol. The van der Waals surface area contributed by atoms with Gasteiger partial charge < -0.3 is 5.11 Å². The number of aromatic nitrogens is 2. The lowest BCUT2D eigenvalue weighted by Gasteiger charge is -2.30. The van der Waals surface area contributed by atoms with Crippen LogP contribution in [0.2, 0.25) is 0 Å². The van der Waals surface area contributed by atoms with E-state index in [-0.39, 0.29) is 12.4 Å². The van der Waals surface area contributed by atoms with Crippen molar-refractivity contribution in [3.8, 4) is 16.9 Å². The third kappa shape index (κ3) is 3.90. The van der Waals surface area contributed by atoms with Gasteiger partial charge in [0.25, 0.3) is 0 Å². The Bertz CT molecular complexity index is 957. The second kappa shape index (κ2) is 8.15. The number of para-hydroxylation sites is 1. The molecule has 148 valence electrons. The maximum Gasteiger partial charge on any atom is 0.148 e. The summed E-state index contributed by atoms with van der Waals surface area (Å²) < 4.78 is 16.0. The number of hydrogen-bond acceptors (Lipinski definition) is 4. The molecule has 2 aromatic heterocycles. The van der Waals surface area contributed by atoms with Gasteiger partial charge in [-0.1, -0.05) is 12.1 Å². The monoisotopic (exact) mass is 399 g/mol. The summed E-state index contributed by atoms with van der Waals surface area (Å²) in [4.78, 5) is 4.89. The van der Waals surface area contributed by atoms with Crippen molar-refractivity contribution in [1.29, 1.82) is 0 Å². The standard InChI is InChI=1S/C22H26FN3OS/c1-15-11-19(16(2)28-15)22-18(12-25-9-7-17(14-27)8-10-25)13-26(24-22)21-6-4-3-5-20(21)23/h3-6,11,13,17,27H,7-10,12,14H2,1-2H3. The fourth-order valence-electron chi connectivity index (χ4n) is 3.95. The first-order valence-corrected chi connectivity index (χ1v) is 10.6. The van der Waals surface area contributed by atoms with Gasteiger partial charge in [0.05, 0.1) is 5.69 Å². The van der Waals surface area contributed by atoms with Crippen molar-refractivity contribution in [3.05, 3.63) is 57.7 Å². The molecule has 1 aliphatic heterocycles. The number of aryl methyl sites for hydroxylation is 2. The van der Waals surface area contributed by atoms with Crippen LogP contribution in [0.15, 0.2) is 36.5 Å². The van der Waals surface area contributed by atoms with E-state index in [9.17, 15) is 9.50 Å². The van der Waals surface area contributed by atoms with E-state index in [1.807, 2.05) is 12.3 Å². The topological polar surface area (TPSA) is 41.3 Å². The average molecular weight is 400 g/mol. The number of piperidine rings is 1. The molecule has 0 spiro atoms. The number of nitrogens with zero attached hydrogens (tertiary/aromatic N) is 3. The first kappa shape index (κ1) is 19.3. The summed E-state index contributed by atoms with van der Waals surface area (Å²) in [7, 11) is 0. The maximum absolute atomic E-state index is 14.3. The van der Waals surface area contributed by atoms with Crippen LogP contribution < -0.4 is 0 Å². The highest BCUT2D eigenvalue weighted by molar-refractivity contribution is 7.12. The zero-order valence-electron chi connectivity index (χ0n) is 16.4. The summed E-state index contributed by atoms with van der Waals surface area (Å²) in [6.45, 7) is 7.22. The quantitative estimate of drug-likeness (QED) is 0.684. The zero-order chi connectivity index (χ0) is 19.7. The van der Waals surface area contributed by atoms with E-state index in [0.717, 1.165) is 49.3 Å². The second-order valence-electron chi connectivity index (χ2n) is 7.63. The predicted octanol–water partition coefficient (Wildman–Crippen LogP) is 4.56. The molecule has 0 bridgehead atoms. The minimum atomic E-state index is -0.273. The molecule has 0 aliphatic carbocycles. The van der Waals surface area contributed by atoms with E-state index < -0.39 is 0 Å². The first-order chi connectivity index (χ1) is 13.5. The Morgan fingerprint density at radius 1 is 1.21 bits per heavy atom. The Kier molecular flexibility index (Phi) is 5.62. The van der Waals surface area contributed by atoms with Gasteiger partial charge in [-0.15, -0.1) is 11.3 Å². The number of hydrogen-bond donors (Lipinski definition) is 1. The van der Waals surface area contributed by atoms with Crippen molar-refractivity contribution in [2.45, 2.75) is 33.2 Å². The van der Waals surface area contributed by atoms with Gasteiger partial charge in [-0.25, -0.2) is 9.07 Å². The molecule has 6 heteroatoms. The van der Waals surface area contributed by atoms with Crippen LogP contribution in [0.1, 0.15) is 28.2 Å². The molecule has 28 heavy (non-hydrogen) atoms. The predicted molar refractivity (Wildman–Crippen MR) is 111 cm³/mol. The second-order valence-corrected chi connectivity index (χ2v) is 9.09. The fraction of sp³-hybridized carbons (Fsp3) is 0.409. The van der Waals surface area contributed by atoms with Crippen LogP contribution >= 0.6 is 11.3 Å². The zero-order valence-corrected chi connectivity index (χ0v) is 17.2. The van der Waals surface area contributed by atoms with Crippen LogP contribution in [0, 0.1) is 25.6 Å². The Morgan fingerprint density at radius 2 is 1.96 bits per heavy atom. The van der Waals surface area contributed by atoms with Gasteiger partial charge in [0.15, 0.2) is 0 Å². The largest absolute Gasteiger partial charge is 0.396 e. The number of benzene rings is 1. The van der Waals surface area contributed by atoms with Crippen LogP contribution in [-0.2, 0) is 6.54 Å². The smallest absolute Gasteiger partial charge is 0.148 e. The first-order valence-electron chi connectivity index (χ1n) is 9.79. The Hall–Kier alpha value is -2.02. The van der Waals surface area contributed by atoms with E-state index in [2.05, 4.69) is 24.8 Å². The van der Waals surface area contributed by atoms with Gasteiger partial charge in [0, 0.05) is 40.2 Å². The third-order valence-corrected chi connectivity index (χ3v) is 6.51. The molecule has 4 nitrogen and oxygen atoms in total. The van der Waals surface area contributed by atoms with Gasteiger partial charge in [0.1, 0.15) is 11.5 Å². The average Bonchev–Trinajstić information content (AvgIpc) is 3.25. The normalized spacial score (nSPS) is 16.0. The van der Waals surface area contributed by atoms with Gasteiger partial charge in [-0.05, 0) is 63.9 Å². The minimum Gasteiger partial charge on any atom is -0.396 e. The van der Waals surface area contributed by atoms with Crippen molar-refractivity contribution >= 4 is 11.3 Å². The molecule has 1 saturated heterocycles. The fourth-order valence-corrected chi connectivity index (χ4v) is 4.87. The van der Waals surface area contributed by atoms with Crippen LogP contribution in [0.25, 0.3) is 16.9 Å². The summed E-state index contributed by atoms with van der Waals surface area (Å²) in [6, 6.07) is 8.93. The van der Waals surface area contributed by atoms with Gasteiger partial charge >= 0.3 is 0 Å². The molecule has 1 fully saturated rings. The molecule has 3 aromatic rings. The Balaban J connectivity index is 1.69. The molecule has 0 unspecified atom stereocenters. The van der Waals surface area contributed by atoms with Crippen molar-refractivity contribution in [3.63, 3.8) is 0 Å². The third-order valence-electron chi connectivity index (χ3n) is 5.54. The number of aliphatic hydroxyl groups excluding tert-OH is 1. The molecule has 1 aliphatic rings. The molecule has 0 saturated carbocycles. The maximum atomic E-state index is 14.3. The van der Waals surface area contributed by atoms with E-state index >= 15 is 0 Å². The number of thiophene rings is 1. The highest BCUT2D eigenvalue weighted by Crippen LogP contribution is 2.33. The van der Waals surface area contributed by atoms with E-state index in [4.69, 9.17) is 5.10 Å². The summed E-state index contributed by atoms with van der Waals surface area (Å²) in [5.41, 5.74) is 3.66. The Morgan fingerprint density at radius 3 is 2.61 bits per heavy atom. The number of likely N-dealkylation sites (tertiary alicyclic amines) is 1. The lowest BCUT2D eigenvalue weighted by molar-refractivity contribution is 0.127. The molecule has 4 rings (SSSR count). The van der Waals surface area contributed by atoms with Gasteiger partial charge in [0.2, 0.25) is 0 Å². The SMILES string of the molecule is Cc1cc(-c2nn(-c3ccccc3F)cc2CN2CCC(CO)CC2)c(C)s1. The lowest BCUT2D eigenvalue weighted by atomic mass is 9.97. The van der Waals surface area contributed by atoms with Crippen LogP contribution in [0.4, 0.5) is 4.39 Å². The van der Waals surface area contributed by atoms with Crippen LogP contribution in [0.3, 0.4) is 0 Å². The molecule has 1 N–H and O–H groups in total. The van der Waals surface area contributed by atoms with Crippen molar-refractivity contribution in [2.24, 2.45) is 5.92 Å². The van der Waals surface area contributed by atoms with Crippen molar-refractivity contribution < 1.29 is 9.50 Å². The summed E-state index contributed by atoms with van der Waals surface area (Å²) in [6.07, 6.45) is 4.01. The number of halogens is 1. The minimum absolute atomic E-state index is 0.273. The van der Waals surface area contributed by atoms with Gasteiger partial charge in [-0.3, -0.25) is 4.90 Å². The molecule has 0 atom stereocenters. The molecular formula is C22H26FN3OS. The molecule has 0 radical (unpaired) electrons. The van der Waals surface area contributed by atoms with Crippen LogP contribution in [-0.4, -0.2) is 39.5 Å². The Labute approximate surface area is 169 Å². The summed E-state index contributed by atoms with van der Waals surface area (Å²) in [5, 5.41) is 14.2. The van der Waals surface area contributed by atoms with Crippen molar-refractivity contribution in [1.82, 2.24) is 14.7 Å². The summed E-state index contributed by atoms with van der Waals surface area (Å²) >= 11 is 1.77. The molecule has 3 heterocycles. The van der Waals surface area contributed by atoms with E-state index in [0.29, 0.717) is 11.6 Å². The van der Waals surface area contributed by atoms with Crippen LogP contribution in [0.5, 0.6) is 0 Å². The number of rotatable bonds is 5. The molecule has 1 aromatic carbocycles. The highest BCUT2D eigenvalue weighted by atomic mass is 32.1. The van der Waals surface area contributed by atoms with E-state index in [1.165, 1.54) is 15.8 Å². The van der Waals surface area contributed by atoms with Crippen molar-refractivity contribution in [2.75, 3.05) is 19.7 Å². The lowest BCUT2D eigenvalue weighted by Crippen LogP contribution is -2.34. The van der Waals surface area contributed by atoms with Gasteiger partial charge in [-0.2, -0.15) is 5.10 Å².